The highest BCUT2D eigenvalue weighted by atomic mass is 35.5. The van der Waals surface area contributed by atoms with E-state index in [4.69, 9.17) is 20.9 Å². The van der Waals surface area contributed by atoms with E-state index in [1.807, 2.05) is 31.2 Å². The van der Waals surface area contributed by atoms with Crippen molar-refractivity contribution >= 4 is 23.4 Å². The maximum Gasteiger partial charge on any atom is 0.243 e. The molecule has 3 atom stereocenters. The molecule has 0 spiro atoms. The first-order valence-corrected chi connectivity index (χ1v) is 8.28. The molecule has 7 heteroatoms. The summed E-state index contributed by atoms with van der Waals surface area (Å²) >= 11 is 5.94. The molecule has 128 valence electrons. The third kappa shape index (κ3) is 3.95. The van der Waals surface area contributed by atoms with Gasteiger partial charge in [0.2, 0.25) is 11.8 Å². The molecular formula is C17H20ClN3O3. The summed E-state index contributed by atoms with van der Waals surface area (Å²) in [5, 5.41) is 10.5. The molecule has 3 rings (SSSR count). The van der Waals surface area contributed by atoms with E-state index in [2.05, 4.69) is 15.8 Å². The number of aromatic nitrogens is 1. The number of anilines is 1. The van der Waals surface area contributed by atoms with Crippen molar-refractivity contribution in [1.29, 1.82) is 0 Å². The zero-order valence-corrected chi connectivity index (χ0v) is 14.3. The van der Waals surface area contributed by atoms with Crippen molar-refractivity contribution in [2.24, 2.45) is 0 Å². The lowest BCUT2D eigenvalue weighted by atomic mass is 10.0. The quantitative estimate of drug-likeness (QED) is 0.867. The molecule has 1 aromatic heterocycles. The first kappa shape index (κ1) is 17.0. The van der Waals surface area contributed by atoms with Gasteiger partial charge in [0, 0.05) is 23.7 Å². The van der Waals surface area contributed by atoms with Gasteiger partial charge in [0.15, 0.2) is 0 Å². The maximum atomic E-state index is 12.3. The minimum absolute atomic E-state index is 0.0587. The average Bonchev–Trinajstić information content (AvgIpc) is 3.17. The highest BCUT2D eigenvalue weighted by Crippen LogP contribution is 2.30. The molecule has 2 heterocycles. The summed E-state index contributed by atoms with van der Waals surface area (Å²) < 4.78 is 10.8. The smallest absolute Gasteiger partial charge is 0.243 e. The molecule has 1 fully saturated rings. The van der Waals surface area contributed by atoms with E-state index >= 15 is 0 Å². The number of hydrogen-bond donors (Lipinski definition) is 2. The summed E-state index contributed by atoms with van der Waals surface area (Å²) in [6.07, 6.45) is 0.747. The molecular weight excluding hydrogens is 330 g/mol. The van der Waals surface area contributed by atoms with Crippen LogP contribution in [0.5, 0.6) is 0 Å². The molecule has 24 heavy (non-hydrogen) atoms. The number of nitrogens with one attached hydrogen (secondary N) is 2. The summed E-state index contributed by atoms with van der Waals surface area (Å²) in [7, 11) is 0. The largest absolute Gasteiger partial charge is 0.372 e. The zero-order chi connectivity index (χ0) is 17.1. The van der Waals surface area contributed by atoms with Gasteiger partial charge in [0.25, 0.3) is 0 Å². The predicted octanol–water partition coefficient (Wildman–Crippen LogP) is 3.08. The fraction of sp³-hybridized carbons (Fsp3) is 0.412. The fourth-order valence-electron chi connectivity index (χ4n) is 2.79. The molecule has 1 amide bonds. The minimum atomic E-state index is -0.392. The molecule has 0 aliphatic carbocycles. The van der Waals surface area contributed by atoms with Crippen LogP contribution in [0.2, 0.25) is 5.02 Å². The second-order valence-electron chi connectivity index (χ2n) is 5.95. The van der Waals surface area contributed by atoms with Crippen molar-refractivity contribution in [3.05, 3.63) is 46.6 Å². The number of carbonyl (C=O) groups excluding carboxylic acids is 1. The molecule has 0 bridgehead atoms. The Bertz CT molecular complexity index is 701. The van der Waals surface area contributed by atoms with Gasteiger partial charge in [-0.1, -0.05) is 28.9 Å². The number of nitrogens with zero attached hydrogens (tertiary/aromatic N) is 1. The first-order chi connectivity index (χ1) is 11.5. The van der Waals surface area contributed by atoms with Crippen LogP contribution >= 0.6 is 11.6 Å². The second-order valence-corrected chi connectivity index (χ2v) is 6.38. The summed E-state index contributed by atoms with van der Waals surface area (Å²) in [4.78, 5) is 12.3. The highest BCUT2D eigenvalue weighted by Gasteiger charge is 2.32. The number of ether oxygens (including phenoxy) is 1. The van der Waals surface area contributed by atoms with E-state index < -0.39 is 6.04 Å². The van der Waals surface area contributed by atoms with Crippen molar-refractivity contribution in [2.75, 3.05) is 11.9 Å². The Hall–Kier alpha value is -1.89. The number of amides is 1. The Labute approximate surface area is 145 Å². The average molecular weight is 350 g/mol. The number of hydrogen-bond acceptors (Lipinski definition) is 5. The topological polar surface area (TPSA) is 76.4 Å². The van der Waals surface area contributed by atoms with Crippen molar-refractivity contribution in [3.63, 3.8) is 0 Å². The van der Waals surface area contributed by atoms with Gasteiger partial charge in [0.05, 0.1) is 17.8 Å². The molecule has 0 unspecified atom stereocenters. The van der Waals surface area contributed by atoms with Crippen LogP contribution in [-0.4, -0.2) is 29.8 Å². The summed E-state index contributed by atoms with van der Waals surface area (Å²) in [6, 6.07) is 8.94. The molecule has 2 aromatic rings. The molecule has 0 saturated carbocycles. The van der Waals surface area contributed by atoms with Gasteiger partial charge < -0.3 is 14.6 Å². The minimum Gasteiger partial charge on any atom is -0.372 e. The van der Waals surface area contributed by atoms with Crippen molar-refractivity contribution in [1.82, 2.24) is 10.5 Å². The Balaban J connectivity index is 1.61. The van der Waals surface area contributed by atoms with Crippen molar-refractivity contribution in [3.8, 4) is 0 Å². The fourth-order valence-corrected chi connectivity index (χ4v) is 2.92. The molecule has 1 aromatic carbocycles. The van der Waals surface area contributed by atoms with Crippen LogP contribution in [0.25, 0.3) is 0 Å². The number of rotatable bonds is 5. The molecule has 0 radical (unpaired) electrons. The van der Waals surface area contributed by atoms with Crippen LogP contribution in [0.3, 0.4) is 0 Å². The van der Waals surface area contributed by atoms with Gasteiger partial charge in [-0.05, 0) is 38.0 Å². The highest BCUT2D eigenvalue weighted by molar-refractivity contribution is 6.30. The van der Waals surface area contributed by atoms with E-state index in [1.165, 1.54) is 0 Å². The lowest BCUT2D eigenvalue weighted by Gasteiger charge is -2.23. The summed E-state index contributed by atoms with van der Waals surface area (Å²) in [5.74, 6) is 0.177. The maximum absolute atomic E-state index is 12.3. The molecule has 6 nitrogen and oxygen atoms in total. The van der Waals surface area contributed by atoms with Crippen LogP contribution in [0.1, 0.15) is 30.7 Å². The molecule has 1 aliphatic rings. The Morgan fingerprint density at radius 2 is 2.12 bits per heavy atom. The van der Waals surface area contributed by atoms with E-state index in [1.54, 1.807) is 13.0 Å². The third-order valence-corrected chi connectivity index (χ3v) is 4.27. The van der Waals surface area contributed by atoms with Crippen molar-refractivity contribution < 1.29 is 14.1 Å². The molecule has 1 saturated heterocycles. The Morgan fingerprint density at radius 1 is 1.38 bits per heavy atom. The van der Waals surface area contributed by atoms with E-state index in [9.17, 15) is 4.79 Å². The van der Waals surface area contributed by atoms with Crippen LogP contribution in [0, 0.1) is 6.92 Å². The van der Waals surface area contributed by atoms with E-state index in [-0.39, 0.29) is 18.1 Å². The van der Waals surface area contributed by atoms with Crippen molar-refractivity contribution in [2.45, 2.75) is 38.5 Å². The van der Waals surface area contributed by atoms with Gasteiger partial charge in [-0.2, -0.15) is 0 Å². The zero-order valence-electron chi connectivity index (χ0n) is 13.6. The van der Waals surface area contributed by atoms with E-state index in [0.717, 1.165) is 17.7 Å². The Morgan fingerprint density at radius 3 is 2.79 bits per heavy atom. The predicted molar refractivity (Wildman–Crippen MR) is 91.0 cm³/mol. The molecule has 2 N–H and O–H groups in total. The van der Waals surface area contributed by atoms with Gasteiger partial charge >= 0.3 is 0 Å². The van der Waals surface area contributed by atoms with Crippen LogP contribution in [-0.2, 0) is 9.53 Å². The standard InChI is InChI=1S/C17H20ClN3O3/c1-10-9-15(24-21-10)20-17(22)11(2)19-14-7-8-23-16(14)12-3-5-13(18)6-4-12/h3-6,9,11,14,16,19H,7-8H2,1-2H3,(H,20,22)/t11-,14+,16-/m0/s1. The summed E-state index contributed by atoms with van der Waals surface area (Å²) in [6.45, 7) is 4.27. The first-order valence-electron chi connectivity index (χ1n) is 7.90. The van der Waals surface area contributed by atoms with Crippen LogP contribution in [0.4, 0.5) is 5.88 Å². The molecule has 1 aliphatic heterocycles. The SMILES string of the molecule is Cc1cc(NC(=O)[C@H](C)N[C@@H]2CCO[C@H]2c2ccc(Cl)cc2)on1. The number of carbonyl (C=O) groups is 1. The number of halogens is 1. The lowest BCUT2D eigenvalue weighted by molar-refractivity contribution is -0.118. The van der Waals surface area contributed by atoms with Crippen LogP contribution in [0.15, 0.2) is 34.9 Å². The normalized spacial score (nSPS) is 21.6. The van der Waals surface area contributed by atoms with Gasteiger partial charge in [0.1, 0.15) is 0 Å². The Kier molecular flexibility index (Phi) is 5.18. The third-order valence-electron chi connectivity index (χ3n) is 4.02. The van der Waals surface area contributed by atoms with Gasteiger partial charge in [-0.3, -0.25) is 10.1 Å². The summed E-state index contributed by atoms with van der Waals surface area (Å²) in [5.41, 5.74) is 1.77. The number of benzene rings is 1. The van der Waals surface area contributed by atoms with Gasteiger partial charge in [-0.15, -0.1) is 0 Å². The second kappa shape index (κ2) is 7.34. The van der Waals surface area contributed by atoms with E-state index in [0.29, 0.717) is 17.5 Å². The van der Waals surface area contributed by atoms with Crippen LogP contribution < -0.4 is 10.6 Å². The lowest BCUT2D eigenvalue weighted by Crippen LogP contribution is -2.45. The monoisotopic (exact) mass is 349 g/mol. The van der Waals surface area contributed by atoms with Gasteiger partial charge in [-0.25, -0.2) is 0 Å². The number of aryl methyl sites for hydroxylation is 1.